The molecule has 146 valence electrons. The lowest BCUT2D eigenvalue weighted by Gasteiger charge is -2.10. The van der Waals surface area contributed by atoms with Gasteiger partial charge in [0.2, 0.25) is 0 Å². The van der Waals surface area contributed by atoms with Gasteiger partial charge in [0.15, 0.2) is 5.65 Å². The van der Waals surface area contributed by atoms with Gasteiger partial charge in [-0.15, -0.1) is 0 Å². The van der Waals surface area contributed by atoms with Gasteiger partial charge in [0.05, 0.1) is 22.3 Å². The number of nitrogens with zero attached hydrogens (tertiary/aromatic N) is 3. The van der Waals surface area contributed by atoms with Crippen molar-refractivity contribution in [2.45, 2.75) is 34.6 Å². The monoisotopic (exact) mass is 384 g/mol. The molecule has 0 unspecified atom stereocenters. The van der Waals surface area contributed by atoms with Crippen molar-refractivity contribution in [1.82, 2.24) is 14.8 Å². The number of anilines is 1. The summed E-state index contributed by atoms with van der Waals surface area (Å²) in [5.41, 5.74) is 7.94. The minimum absolute atomic E-state index is 0.156. The van der Waals surface area contributed by atoms with E-state index in [0.717, 1.165) is 39.3 Å². The van der Waals surface area contributed by atoms with E-state index < -0.39 is 0 Å². The topological polar surface area (TPSA) is 59.8 Å². The van der Waals surface area contributed by atoms with Crippen molar-refractivity contribution in [2.75, 3.05) is 5.32 Å². The first kappa shape index (κ1) is 18.9. The Morgan fingerprint density at radius 2 is 1.52 bits per heavy atom. The third kappa shape index (κ3) is 3.63. The normalized spacial score (nSPS) is 11.1. The molecule has 0 saturated carbocycles. The molecule has 1 N–H and O–H groups in total. The van der Waals surface area contributed by atoms with Gasteiger partial charge < -0.3 is 5.32 Å². The largest absolute Gasteiger partial charge is 0.322 e. The van der Waals surface area contributed by atoms with Crippen LogP contribution in [0, 0.1) is 34.6 Å². The summed E-state index contributed by atoms with van der Waals surface area (Å²) in [6.45, 7) is 9.90. The van der Waals surface area contributed by atoms with Crippen LogP contribution in [-0.2, 0) is 0 Å². The Bertz CT molecular complexity index is 1220. The number of pyridine rings is 1. The number of benzene rings is 2. The first-order chi connectivity index (χ1) is 13.8. The Morgan fingerprint density at radius 1 is 0.862 bits per heavy atom. The van der Waals surface area contributed by atoms with Gasteiger partial charge >= 0.3 is 0 Å². The second-order valence-electron chi connectivity index (χ2n) is 7.67. The third-order valence-corrected chi connectivity index (χ3v) is 4.94. The Hall–Kier alpha value is -3.47. The number of fused-ring (bicyclic) bond motifs is 1. The molecule has 5 nitrogen and oxygen atoms in total. The number of carbonyl (C=O) groups is 1. The molecule has 0 spiro atoms. The summed E-state index contributed by atoms with van der Waals surface area (Å²) in [4.78, 5) is 17.9. The van der Waals surface area contributed by atoms with E-state index in [1.807, 2.05) is 81.8 Å². The van der Waals surface area contributed by atoms with Crippen LogP contribution in [0.1, 0.15) is 38.4 Å². The van der Waals surface area contributed by atoms with Gasteiger partial charge in [0.1, 0.15) is 0 Å². The number of aryl methyl sites for hydroxylation is 5. The third-order valence-electron chi connectivity index (χ3n) is 4.94. The highest BCUT2D eigenvalue weighted by molar-refractivity contribution is 6.12. The van der Waals surface area contributed by atoms with Crippen molar-refractivity contribution in [2.24, 2.45) is 0 Å². The predicted octanol–water partition coefficient (Wildman–Crippen LogP) is 5.21. The molecular weight excluding hydrogens is 360 g/mol. The predicted molar refractivity (Wildman–Crippen MR) is 117 cm³/mol. The SMILES string of the molecule is Cc1ccc(-n2nc(C)c3c(C(=O)Nc4cc(C)cc(C)c4)cc(C)nc32)cc1. The maximum atomic E-state index is 13.2. The van der Waals surface area contributed by atoms with Crippen molar-refractivity contribution in [3.05, 3.63) is 82.2 Å². The zero-order valence-corrected chi connectivity index (χ0v) is 17.4. The fourth-order valence-electron chi connectivity index (χ4n) is 3.70. The first-order valence-corrected chi connectivity index (χ1v) is 9.65. The lowest BCUT2D eigenvalue weighted by Crippen LogP contribution is -2.13. The molecule has 0 bridgehead atoms. The molecule has 0 aliphatic carbocycles. The van der Waals surface area contributed by atoms with Gasteiger partial charge in [-0.05, 0) is 76.1 Å². The summed E-state index contributed by atoms with van der Waals surface area (Å²) in [6, 6.07) is 16.0. The van der Waals surface area contributed by atoms with E-state index in [-0.39, 0.29) is 5.91 Å². The van der Waals surface area contributed by atoms with Gasteiger partial charge in [-0.2, -0.15) is 5.10 Å². The Labute approximate surface area is 170 Å². The number of carbonyl (C=O) groups excluding carboxylic acids is 1. The lowest BCUT2D eigenvalue weighted by atomic mass is 10.1. The molecule has 0 aliphatic rings. The van der Waals surface area contributed by atoms with Gasteiger partial charge in [-0.3, -0.25) is 4.79 Å². The van der Waals surface area contributed by atoms with Crippen molar-refractivity contribution in [1.29, 1.82) is 0 Å². The van der Waals surface area contributed by atoms with Gasteiger partial charge in [0, 0.05) is 11.4 Å². The number of nitrogens with one attached hydrogen (secondary N) is 1. The zero-order chi connectivity index (χ0) is 20.7. The first-order valence-electron chi connectivity index (χ1n) is 9.65. The summed E-state index contributed by atoms with van der Waals surface area (Å²) >= 11 is 0. The van der Waals surface area contributed by atoms with Gasteiger partial charge in [0.25, 0.3) is 5.91 Å². The van der Waals surface area contributed by atoms with E-state index >= 15 is 0 Å². The molecule has 0 aliphatic heterocycles. The highest BCUT2D eigenvalue weighted by Crippen LogP contribution is 2.26. The molecule has 4 rings (SSSR count). The smallest absolute Gasteiger partial charge is 0.256 e. The Balaban J connectivity index is 1.82. The van der Waals surface area contributed by atoms with Crippen LogP contribution >= 0.6 is 0 Å². The van der Waals surface area contributed by atoms with E-state index in [0.29, 0.717) is 11.2 Å². The fraction of sp³-hybridized carbons (Fsp3) is 0.208. The molecule has 0 fully saturated rings. The summed E-state index contributed by atoms with van der Waals surface area (Å²) < 4.78 is 1.81. The van der Waals surface area contributed by atoms with Crippen molar-refractivity contribution >= 4 is 22.6 Å². The van der Waals surface area contributed by atoms with Crippen LogP contribution in [0.3, 0.4) is 0 Å². The Kier molecular flexibility index (Phi) is 4.66. The van der Waals surface area contributed by atoms with E-state index in [1.54, 1.807) is 0 Å². The molecule has 1 amide bonds. The molecule has 0 atom stereocenters. The number of rotatable bonds is 3. The number of aromatic nitrogens is 3. The average Bonchev–Trinajstić information content (AvgIpc) is 2.97. The summed E-state index contributed by atoms with van der Waals surface area (Å²) in [5, 5.41) is 8.50. The summed E-state index contributed by atoms with van der Waals surface area (Å²) in [7, 11) is 0. The highest BCUT2D eigenvalue weighted by Gasteiger charge is 2.19. The lowest BCUT2D eigenvalue weighted by molar-refractivity contribution is 0.102. The van der Waals surface area contributed by atoms with Crippen LogP contribution in [0.15, 0.2) is 48.5 Å². The van der Waals surface area contributed by atoms with Crippen molar-refractivity contribution in [3.63, 3.8) is 0 Å². The van der Waals surface area contributed by atoms with E-state index in [1.165, 1.54) is 5.56 Å². The molecule has 2 heterocycles. The standard InChI is InChI=1S/C24H24N4O/c1-14-6-8-20(9-7-14)28-23-22(18(5)27-28)21(13-17(4)25-23)24(29)26-19-11-15(2)10-16(3)12-19/h6-13H,1-5H3,(H,26,29). The Morgan fingerprint density at radius 3 is 2.17 bits per heavy atom. The van der Waals surface area contributed by atoms with Gasteiger partial charge in [-0.1, -0.05) is 23.8 Å². The van der Waals surface area contributed by atoms with Crippen LogP contribution < -0.4 is 5.32 Å². The molecule has 2 aromatic carbocycles. The highest BCUT2D eigenvalue weighted by atomic mass is 16.1. The number of hydrogen-bond acceptors (Lipinski definition) is 3. The molecule has 29 heavy (non-hydrogen) atoms. The maximum absolute atomic E-state index is 13.2. The van der Waals surface area contributed by atoms with Crippen molar-refractivity contribution in [3.8, 4) is 5.69 Å². The van der Waals surface area contributed by atoms with Crippen LogP contribution in [0.5, 0.6) is 0 Å². The fourth-order valence-corrected chi connectivity index (χ4v) is 3.70. The van der Waals surface area contributed by atoms with E-state index in [2.05, 4.69) is 16.5 Å². The van der Waals surface area contributed by atoms with E-state index in [4.69, 9.17) is 4.98 Å². The number of hydrogen-bond donors (Lipinski definition) is 1. The van der Waals surface area contributed by atoms with Crippen LogP contribution in [0.4, 0.5) is 5.69 Å². The van der Waals surface area contributed by atoms with Crippen LogP contribution in [-0.4, -0.2) is 20.7 Å². The second-order valence-corrected chi connectivity index (χ2v) is 7.67. The minimum Gasteiger partial charge on any atom is -0.322 e. The van der Waals surface area contributed by atoms with Crippen LogP contribution in [0.25, 0.3) is 16.7 Å². The molecular formula is C24H24N4O. The minimum atomic E-state index is -0.156. The summed E-state index contributed by atoms with van der Waals surface area (Å²) in [5.74, 6) is -0.156. The molecule has 5 heteroatoms. The molecule has 0 radical (unpaired) electrons. The zero-order valence-electron chi connectivity index (χ0n) is 17.4. The quantitative estimate of drug-likeness (QED) is 0.527. The van der Waals surface area contributed by atoms with Crippen LogP contribution in [0.2, 0.25) is 0 Å². The van der Waals surface area contributed by atoms with E-state index in [9.17, 15) is 4.79 Å². The summed E-state index contributed by atoms with van der Waals surface area (Å²) in [6.07, 6.45) is 0. The average molecular weight is 384 g/mol. The number of amides is 1. The molecule has 0 saturated heterocycles. The maximum Gasteiger partial charge on any atom is 0.256 e. The van der Waals surface area contributed by atoms with Crippen molar-refractivity contribution < 1.29 is 4.79 Å². The van der Waals surface area contributed by atoms with Gasteiger partial charge in [-0.25, -0.2) is 9.67 Å². The second kappa shape index (κ2) is 7.17. The molecule has 4 aromatic rings. The molecule has 2 aromatic heterocycles.